The largest absolute Gasteiger partial charge is 0.381 e. The number of aliphatic imine (C=N–C) groups is 1. The van der Waals surface area contributed by atoms with Crippen molar-refractivity contribution < 1.29 is 9.47 Å². The van der Waals surface area contributed by atoms with Crippen molar-refractivity contribution >= 4 is 29.9 Å². The molecule has 33 heavy (non-hydrogen) atoms. The van der Waals surface area contributed by atoms with Crippen LogP contribution in [0.3, 0.4) is 0 Å². The van der Waals surface area contributed by atoms with Gasteiger partial charge in [-0.1, -0.05) is 30.3 Å². The van der Waals surface area contributed by atoms with Gasteiger partial charge in [-0.25, -0.2) is 4.99 Å². The summed E-state index contributed by atoms with van der Waals surface area (Å²) in [4.78, 5) is 4.80. The maximum absolute atomic E-state index is 5.86. The molecular formula is C25H40IN5O2. The molecule has 1 saturated heterocycles. The van der Waals surface area contributed by atoms with E-state index in [4.69, 9.17) is 19.6 Å². The number of benzene rings is 1. The lowest BCUT2D eigenvalue weighted by Gasteiger charge is -2.21. The monoisotopic (exact) mass is 569 g/mol. The van der Waals surface area contributed by atoms with Gasteiger partial charge in [-0.2, -0.15) is 5.10 Å². The summed E-state index contributed by atoms with van der Waals surface area (Å²) < 4.78 is 13.3. The van der Waals surface area contributed by atoms with E-state index in [2.05, 4.69) is 60.4 Å². The summed E-state index contributed by atoms with van der Waals surface area (Å²) in [5.74, 6) is 1.50. The molecule has 7 nitrogen and oxygen atoms in total. The first-order chi connectivity index (χ1) is 15.7. The highest BCUT2D eigenvalue weighted by atomic mass is 127. The standard InChI is InChI=1S/C25H39N5O2.HI/c1-4-26-25(27-13-8-14-32-19-23-11-15-31-16-12-23)28-17-24-20(2)29-30(21(24)3)18-22-9-6-5-7-10-22;/h5-7,9-10,23H,4,8,11-19H2,1-3H3,(H2,26,27,28);1H. The Labute approximate surface area is 215 Å². The summed E-state index contributed by atoms with van der Waals surface area (Å²) in [7, 11) is 0. The summed E-state index contributed by atoms with van der Waals surface area (Å²) in [6.45, 7) is 12.7. The Kier molecular flexibility index (Phi) is 12.8. The van der Waals surface area contributed by atoms with Gasteiger partial charge >= 0.3 is 0 Å². The molecule has 2 heterocycles. The summed E-state index contributed by atoms with van der Waals surface area (Å²) in [5, 5.41) is 11.5. The second kappa shape index (κ2) is 15.3. The lowest BCUT2D eigenvalue weighted by atomic mass is 10.0. The third-order valence-corrected chi connectivity index (χ3v) is 5.90. The number of hydrogen-bond acceptors (Lipinski definition) is 4. The smallest absolute Gasteiger partial charge is 0.191 e. The lowest BCUT2D eigenvalue weighted by molar-refractivity contribution is 0.0203. The van der Waals surface area contributed by atoms with E-state index in [1.165, 1.54) is 16.8 Å². The quantitative estimate of drug-likeness (QED) is 0.185. The van der Waals surface area contributed by atoms with E-state index in [1.54, 1.807) is 0 Å². The van der Waals surface area contributed by atoms with E-state index >= 15 is 0 Å². The summed E-state index contributed by atoms with van der Waals surface area (Å²) in [6.07, 6.45) is 3.20. The van der Waals surface area contributed by atoms with Gasteiger partial charge in [-0.15, -0.1) is 24.0 Å². The molecule has 1 aliphatic rings. The topological polar surface area (TPSA) is 72.7 Å². The third kappa shape index (κ3) is 9.25. The predicted octanol–water partition coefficient (Wildman–Crippen LogP) is 4.05. The Morgan fingerprint density at radius 2 is 1.94 bits per heavy atom. The number of ether oxygens (including phenoxy) is 2. The van der Waals surface area contributed by atoms with Crippen molar-refractivity contribution in [2.45, 2.75) is 53.1 Å². The van der Waals surface area contributed by atoms with Gasteiger partial charge < -0.3 is 20.1 Å². The number of nitrogens with one attached hydrogen (secondary N) is 2. The molecular weight excluding hydrogens is 529 g/mol. The highest BCUT2D eigenvalue weighted by Gasteiger charge is 2.14. The minimum Gasteiger partial charge on any atom is -0.381 e. The minimum atomic E-state index is 0. The Balaban J connectivity index is 0.00000385. The van der Waals surface area contributed by atoms with Crippen LogP contribution in [0, 0.1) is 19.8 Å². The van der Waals surface area contributed by atoms with E-state index in [9.17, 15) is 0 Å². The summed E-state index contributed by atoms with van der Waals surface area (Å²) in [6, 6.07) is 10.4. The maximum atomic E-state index is 5.86. The molecule has 0 amide bonds. The Bertz CT molecular complexity index is 835. The molecule has 0 saturated carbocycles. The molecule has 1 aliphatic heterocycles. The molecule has 3 rings (SSSR count). The van der Waals surface area contributed by atoms with Gasteiger partial charge in [-0.05, 0) is 51.5 Å². The van der Waals surface area contributed by atoms with Crippen LogP contribution < -0.4 is 10.6 Å². The van der Waals surface area contributed by atoms with Crippen LogP contribution in [-0.2, 0) is 22.6 Å². The van der Waals surface area contributed by atoms with E-state index in [0.29, 0.717) is 12.5 Å². The Morgan fingerprint density at radius 3 is 2.67 bits per heavy atom. The zero-order valence-electron chi connectivity index (χ0n) is 20.3. The van der Waals surface area contributed by atoms with Crippen LogP contribution in [0.15, 0.2) is 35.3 Å². The molecule has 1 fully saturated rings. The van der Waals surface area contributed by atoms with Crippen molar-refractivity contribution in [2.24, 2.45) is 10.9 Å². The van der Waals surface area contributed by atoms with Crippen LogP contribution in [0.2, 0.25) is 0 Å². The van der Waals surface area contributed by atoms with Gasteiger partial charge in [0.25, 0.3) is 0 Å². The summed E-state index contributed by atoms with van der Waals surface area (Å²) in [5.41, 5.74) is 4.66. The van der Waals surface area contributed by atoms with Gasteiger partial charge in [0.15, 0.2) is 5.96 Å². The van der Waals surface area contributed by atoms with Crippen molar-refractivity contribution in [2.75, 3.05) is 39.5 Å². The fourth-order valence-corrected chi connectivity index (χ4v) is 3.92. The normalized spacial score (nSPS) is 14.7. The third-order valence-electron chi connectivity index (χ3n) is 5.90. The van der Waals surface area contributed by atoms with Crippen LogP contribution in [0.5, 0.6) is 0 Å². The maximum Gasteiger partial charge on any atom is 0.191 e. The average molecular weight is 570 g/mol. The van der Waals surface area contributed by atoms with Gasteiger partial charge in [-0.3, -0.25) is 4.68 Å². The molecule has 0 bridgehead atoms. The van der Waals surface area contributed by atoms with Gasteiger partial charge in [0.1, 0.15) is 0 Å². The second-order valence-electron chi connectivity index (χ2n) is 8.40. The molecule has 0 atom stereocenters. The zero-order chi connectivity index (χ0) is 22.6. The Hall–Kier alpha value is -1.65. The number of nitrogens with zero attached hydrogens (tertiary/aromatic N) is 3. The summed E-state index contributed by atoms with van der Waals surface area (Å²) >= 11 is 0. The molecule has 2 aromatic rings. The van der Waals surface area contributed by atoms with Crippen molar-refractivity contribution in [3.63, 3.8) is 0 Å². The molecule has 0 aliphatic carbocycles. The SMILES string of the molecule is CCNC(=NCc1c(C)nn(Cc2ccccc2)c1C)NCCCOCC1CCOCC1.I. The van der Waals surface area contributed by atoms with E-state index in [0.717, 1.165) is 77.0 Å². The number of hydrogen-bond donors (Lipinski definition) is 2. The lowest BCUT2D eigenvalue weighted by Crippen LogP contribution is -2.38. The highest BCUT2D eigenvalue weighted by molar-refractivity contribution is 14.0. The molecule has 0 unspecified atom stereocenters. The van der Waals surface area contributed by atoms with E-state index < -0.39 is 0 Å². The minimum absolute atomic E-state index is 0. The number of aromatic nitrogens is 2. The number of halogens is 1. The second-order valence-corrected chi connectivity index (χ2v) is 8.40. The molecule has 8 heteroatoms. The zero-order valence-corrected chi connectivity index (χ0v) is 22.6. The molecule has 184 valence electrons. The fraction of sp³-hybridized carbons (Fsp3) is 0.600. The van der Waals surface area contributed by atoms with Gasteiger partial charge in [0, 0.05) is 50.8 Å². The van der Waals surface area contributed by atoms with Gasteiger partial charge in [0.05, 0.1) is 18.8 Å². The van der Waals surface area contributed by atoms with Crippen molar-refractivity contribution in [3.8, 4) is 0 Å². The average Bonchev–Trinajstić information content (AvgIpc) is 3.08. The van der Waals surface area contributed by atoms with Crippen LogP contribution in [0.1, 0.15) is 48.7 Å². The molecule has 1 aromatic carbocycles. The first kappa shape index (κ1) is 27.6. The highest BCUT2D eigenvalue weighted by Crippen LogP contribution is 2.16. The first-order valence-corrected chi connectivity index (χ1v) is 11.9. The van der Waals surface area contributed by atoms with E-state index in [-0.39, 0.29) is 24.0 Å². The van der Waals surface area contributed by atoms with Crippen LogP contribution in [0.25, 0.3) is 0 Å². The van der Waals surface area contributed by atoms with Gasteiger partial charge in [0.2, 0.25) is 0 Å². The van der Waals surface area contributed by atoms with E-state index in [1.807, 2.05) is 6.07 Å². The number of rotatable bonds is 11. The molecule has 0 radical (unpaired) electrons. The fourth-order valence-electron chi connectivity index (χ4n) is 3.92. The predicted molar refractivity (Wildman–Crippen MR) is 144 cm³/mol. The van der Waals surface area contributed by atoms with Crippen molar-refractivity contribution in [3.05, 3.63) is 52.8 Å². The first-order valence-electron chi connectivity index (χ1n) is 11.9. The molecule has 1 aromatic heterocycles. The number of aryl methyl sites for hydroxylation is 1. The molecule has 0 spiro atoms. The van der Waals surface area contributed by atoms with Crippen molar-refractivity contribution in [1.82, 2.24) is 20.4 Å². The van der Waals surface area contributed by atoms with Crippen LogP contribution >= 0.6 is 24.0 Å². The Morgan fingerprint density at radius 1 is 1.18 bits per heavy atom. The van der Waals surface area contributed by atoms with Crippen LogP contribution in [-0.4, -0.2) is 55.3 Å². The van der Waals surface area contributed by atoms with Crippen molar-refractivity contribution in [1.29, 1.82) is 0 Å². The van der Waals surface area contributed by atoms with Crippen LogP contribution in [0.4, 0.5) is 0 Å². The molecule has 2 N–H and O–H groups in total. The number of guanidine groups is 1.